The van der Waals surface area contributed by atoms with E-state index in [2.05, 4.69) is 13.8 Å². The van der Waals surface area contributed by atoms with Gasteiger partial charge in [0, 0.05) is 47.9 Å². The van der Waals surface area contributed by atoms with Crippen LogP contribution in [-0.4, -0.2) is 79.8 Å². The third-order valence-electron chi connectivity index (χ3n) is 30.7. The molecular formula is C92H106O16S4. The first kappa shape index (κ1) is 78.4. The Kier molecular flexibility index (Phi) is 19.3. The lowest BCUT2D eigenvalue weighted by Gasteiger charge is -2.36. The summed E-state index contributed by atoms with van der Waals surface area (Å²) in [5, 5.41) is 4.13. The minimum Gasteiger partial charge on any atom is -0.382 e. The first-order valence-corrected chi connectivity index (χ1v) is 47.3. The summed E-state index contributed by atoms with van der Waals surface area (Å²) in [5.74, 6) is -4.01. The molecule has 8 bridgehead atoms. The van der Waals surface area contributed by atoms with E-state index in [4.69, 9.17) is 16.7 Å². The van der Waals surface area contributed by atoms with Crippen LogP contribution in [0.2, 0.25) is 0 Å². The van der Waals surface area contributed by atoms with Crippen molar-refractivity contribution in [1.29, 1.82) is 0 Å². The van der Waals surface area contributed by atoms with Gasteiger partial charge in [0.25, 0.3) is 0 Å². The molecule has 8 unspecified atom stereocenters. The van der Waals surface area contributed by atoms with Gasteiger partial charge in [0.1, 0.15) is 23.1 Å². The summed E-state index contributed by atoms with van der Waals surface area (Å²) in [4.78, 5) is 57.6. The van der Waals surface area contributed by atoms with Crippen molar-refractivity contribution in [2.75, 3.05) is 23.0 Å². The Morgan fingerprint density at radius 1 is 0.312 bits per heavy atom. The van der Waals surface area contributed by atoms with Crippen LogP contribution in [-0.2, 0) is 72.5 Å². The second-order valence-electron chi connectivity index (χ2n) is 37.0. The lowest BCUT2D eigenvalue weighted by Crippen LogP contribution is -2.43. The molecule has 20 heteroatoms. The molecule has 0 spiro atoms. The fourth-order valence-corrected chi connectivity index (χ4v) is 30.5. The van der Waals surface area contributed by atoms with Crippen molar-refractivity contribution in [3.8, 4) is 56.4 Å². The monoisotopic (exact) mass is 1590 g/mol. The summed E-state index contributed by atoms with van der Waals surface area (Å²) in [6, 6.07) is 36.1. The van der Waals surface area contributed by atoms with Crippen LogP contribution in [0.25, 0.3) is 76.5 Å². The highest BCUT2D eigenvalue weighted by molar-refractivity contribution is 7.88. The lowest BCUT2D eigenvalue weighted by molar-refractivity contribution is -0.128. The highest BCUT2D eigenvalue weighted by Gasteiger charge is 2.69. The molecule has 594 valence electrons. The number of carbonyl (C=O) groups is 4. The number of unbranched alkanes of at least 4 members (excludes halogenated alkanes) is 6. The van der Waals surface area contributed by atoms with Gasteiger partial charge in [-0.15, -0.1) is 0 Å². The van der Waals surface area contributed by atoms with Gasteiger partial charge >= 0.3 is 40.5 Å². The third-order valence-corrected chi connectivity index (χ3v) is 35.8. The molecule has 16 rings (SSSR count). The summed E-state index contributed by atoms with van der Waals surface area (Å²) < 4.78 is 153. The van der Waals surface area contributed by atoms with E-state index < -0.39 is 107 Å². The average molecular weight is 1600 g/mol. The van der Waals surface area contributed by atoms with Crippen molar-refractivity contribution >= 4 is 107 Å². The van der Waals surface area contributed by atoms with E-state index in [9.17, 15) is 19.2 Å². The Hall–Kier alpha value is -7.52. The van der Waals surface area contributed by atoms with Gasteiger partial charge in [-0.25, -0.2) is 0 Å². The second-order valence-corrected chi connectivity index (χ2v) is 43.3. The first-order valence-electron chi connectivity index (χ1n) is 40.9. The van der Waals surface area contributed by atoms with Gasteiger partial charge in [0.05, 0.1) is 44.7 Å². The zero-order valence-electron chi connectivity index (χ0n) is 66.4. The summed E-state index contributed by atoms with van der Waals surface area (Å²) in [6.45, 7) is 19.9. The van der Waals surface area contributed by atoms with Crippen molar-refractivity contribution in [2.45, 2.75) is 210 Å². The van der Waals surface area contributed by atoms with Gasteiger partial charge in [-0.05, 0) is 212 Å². The van der Waals surface area contributed by atoms with Gasteiger partial charge in [0.15, 0.2) is 23.0 Å². The van der Waals surface area contributed by atoms with Crippen LogP contribution in [0.15, 0.2) is 121 Å². The predicted molar refractivity (Wildman–Crippen MR) is 440 cm³/mol. The molecule has 112 heavy (non-hydrogen) atoms. The van der Waals surface area contributed by atoms with Gasteiger partial charge in [-0.1, -0.05) is 205 Å². The zero-order valence-corrected chi connectivity index (χ0v) is 69.7. The Bertz CT molecular complexity index is 5420. The number of carbonyl (C=O) groups excluding carboxylic acids is 4. The van der Waals surface area contributed by atoms with E-state index in [1.165, 1.54) is 0 Å². The summed E-state index contributed by atoms with van der Waals surface area (Å²) in [6.07, 6.45) is 13.2. The normalized spacial score (nSPS) is 26.6. The van der Waals surface area contributed by atoms with Gasteiger partial charge in [-0.2, -0.15) is 33.7 Å². The second kappa shape index (κ2) is 27.6. The molecule has 0 amide bonds. The number of ketones is 4. The first-order chi connectivity index (χ1) is 52.9. The number of Topliss-reactive ketones (excluding diaryl/α,β-unsaturated/α-hetero) is 4. The molecule has 8 aromatic rings. The number of aryl methyl sites for hydroxylation is 2. The lowest BCUT2D eigenvalue weighted by atomic mass is 9.70. The molecule has 0 aromatic heterocycles. The molecule has 8 aromatic carbocycles. The van der Waals surface area contributed by atoms with E-state index >= 15 is 33.7 Å². The van der Waals surface area contributed by atoms with Gasteiger partial charge in [-0.3, -0.25) is 19.2 Å². The summed E-state index contributed by atoms with van der Waals surface area (Å²) >= 11 is 0. The number of fused-ring (bicyclic) bond motifs is 12. The van der Waals surface area contributed by atoms with Crippen LogP contribution in [0.3, 0.4) is 0 Å². The van der Waals surface area contributed by atoms with Gasteiger partial charge < -0.3 is 16.7 Å². The molecule has 8 fully saturated rings. The van der Waals surface area contributed by atoms with Crippen LogP contribution in [0.1, 0.15) is 209 Å². The van der Waals surface area contributed by atoms with Crippen LogP contribution in [0.5, 0.6) is 23.0 Å². The number of hydrogen-bond donors (Lipinski definition) is 0. The van der Waals surface area contributed by atoms with E-state index in [0.717, 1.165) is 73.3 Å². The van der Waals surface area contributed by atoms with Gasteiger partial charge in [0.2, 0.25) is 0 Å². The molecule has 8 aliphatic carbocycles. The SMILES string of the molecule is CCCCCCc1cc(OS(=O)(=O)CC23CCC(CC2=O)C3(C)C)c(-c2c(OS(=O)(=O)CC34CCC(CC3=O)C4(C)C)cc(-c3cc(OS(=O)(=O)CC45CCC(CC4=O)C5(C)C)c(-c4c(OS(=O)(=O)CC56CCC(CC5=O)C6(C)C)cc(CCCCCC)c5ccccc45)c4ccccc34)c3ccccc23)c2ccccc12. The Balaban J connectivity index is 0.969. The van der Waals surface area contributed by atoms with E-state index in [-0.39, 0.29) is 118 Å². The maximum Gasteiger partial charge on any atom is 0.310 e. The minimum absolute atomic E-state index is 0.00729. The molecule has 8 saturated carbocycles. The van der Waals surface area contributed by atoms with Crippen molar-refractivity contribution in [1.82, 2.24) is 0 Å². The third kappa shape index (κ3) is 12.3. The Morgan fingerprint density at radius 2 is 0.545 bits per heavy atom. The fourth-order valence-electron chi connectivity index (χ4n) is 23.5. The molecule has 16 nitrogen and oxygen atoms in total. The highest BCUT2D eigenvalue weighted by atomic mass is 32.2. The molecule has 0 saturated heterocycles. The van der Waals surface area contributed by atoms with Crippen molar-refractivity contribution in [3.05, 3.63) is 132 Å². The molecule has 8 atom stereocenters. The fraction of sp³-hybridized carbons (Fsp3) is 0.522. The quantitative estimate of drug-likeness (QED) is 0.0312. The van der Waals surface area contributed by atoms with E-state index in [0.29, 0.717) is 108 Å². The predicted octanol–water partition coefficient (Wildman–Crippen LogP) is 20.0. The number of rotatable bonds is 29. The molecule has 0 N–H and O–H groups in total. The van der Waals surface area contributed by atoms with Crippen molar-refractivity contribution in [3.63, 3.8) is 0 Å². The molecule has 0 aliphatic heterocycles. The number of benzene rings is 8. The summed E-state index contributed by atoms with van der Waals surface area (Å²) in [7, 11) is -19.2. The smallest absolute Gasteiger partial charge is 0.310 e. The maximum atomic E-state index is 16.0. The van der Waals surface area contributed by atoms with E-state index in [1.54, 1.807) is 48.5 Å². The molecule has 8 aliphatic rings. The van der Waals surface area contributed by atoms with Crippen LogP contribution >= 0.6 is 0 Å². The maximum absolute atomic E-state index is 16.0. The Labute approximate surface area is 661 Å². The van der Waals surface area contributed by atoms with Crippen LogP contribution < -0.4 is 16.7 Å². The number of hydrogen-bond acceptors (Lipinski definition) is 16. The van der Waals surface area contributed by atoms with Crippen LogP contribution in [0, 0.1) is 67.0 Å². The van der Waals surface area contributed by atoms with Crippen molar-refractivity contribution < 1.29 is 69.6 Å². The summed E-state index contributed by atoms with van der Waals surface area (Å²) in [5.41, 5.74) is -5.09. The topological polar surface area (TPSA) is 242 Å². The average Bonchev–Trinajstić information content (AvgIpc) is 1.43. The Morgan fingerprint density at radius 3 is 0.777 bits per heavy atom. The minimum atomic E-state index is -4.89. The van der Waals surface area contributed by atoms with Crippen molar-refractivity contribution in [2.24, 2.45) is 67.0 Å². The zero-order chi connectivity index (χ0) is 79.5. The molecule has 0 heterocycles. The van der Waals surface area contributed by atoms with Crippen LogP contribution in [0.4, 0.5) is 0 Å². The van der Waals surface area contributed by atoms with E-state index in [1.807, 2.05) is 128 Å². The largest absolute Gasteiger partial charge is 0.382 e. The molecular weight excluding hydrogens is 1490 g/mol. The standard InChI is InChI=1S/C92H106O16S4/c1-11-13-15-17-27-57-45-73(105-109(97,98)53-89-41-37-59(47-77(89)93)85(89,3)4)81(67-33-23-19-29-63(57)67)83-69-35-25-21-31-65(69)71(51-75(83)107-111(101,102)55-91-43-39-61(49-79(91)95)87(91,7)8)72-52-76(108-112(103,104)56-92-44-40-62(50-80(92)96)88(92,9)10)84(70-36-26-22-32-66(70)72)82-68-34-24-20-30-64(68)58(28-18-16-14-12-2)46-74(82)106-110(99,100)54-90-42-38-60(48-78(90)94)86(90,5)6/h19-26,29-36,45-46,51-52,59-62H,11-18,27-28,37-44,47-50,53-56H2,1-10H3. The highest BCUT2D eigenvalue weighted by Crippen LogP contribution is 2.69. The molecule has 0 radical (unpaired) electrons.